The van der Waals surface area contributed by atoms with Crippen molar-refractivity contribution in [2.24, 2.45) is 0 Å². The number of hydrogen-bond donors (Lipinski definition) is 1. The van der Waals surface area contributed by atoms with E-state index in [9.17, 15) is 14.9 Å². The molecule has 1 atom stereocenters. The van der Waals surface area contributed by atoms with Crippen LogP contribution in [0.5, 0.6) is 17.2 Å². The summed E-state index contributed by atoms with van der Waals surface area (Å²) in [5, 5.41) is 16.5. The number of halogens is 1. The van der Waals surface area contributed by atoms with Gasteiger partial charge in [0.1, 0.15) is 0 Å². The van der Waals surface area contributed by atoms with E-state index in [1.165, 1.54) is 37.4 Å². The van der Waals surface area contributed by atoms with Crippen molar-refractivity contribution < 1.29 is 19.2 Å². The van der Waals surface area contributed by atoms with E-state index in [4.69, 9.17) is 21.1 Å². The van der Waals surface area contributed by atoms with E-state index in [1.54, 1.807) is 17.4 Å². The van der Waals surface area contributed by atoms with Gasteiger partial charge in [0.15, 0.2) is 11.5 Å². The zero-order chi connectivity index (χ0) is 23.3. The smallest absolute Gasteiger partial charge is 0.313 e. The summed E-state index contributed by atoms with van der Waals surface area (Å²) in [6, 6.07) is 12.8. The van der Waals surface area contributed by atoms with Crippen LogP contribution in [-0.2, 0) is 0 Å². The monoisotopic (exact) mass is 475 g/mol. The van der Waals surface area contributed by atoms with Crippen LogP contribution in [0.4, 0.5) is 5.69 Å². The minimum Gasteiger partial charge on any atom is -0.493 e. The van der Waals surface area contributed by atoms with Gasteiger partial charge in [-0.15, -0.1) is 11.3 Å². The number of carbonyl (C=O) groups is 1. The Kier molecular flexibility index (Phi) is 7.68. The van der Waals surface area contributed by atoms with Crippen molar-refractivity contribution in [1.29, 1.82) is 0 Å². The third kappa shape index (κ3) is 5.56. The molecule has 0 radical (unpaired) electrons. The number of nitrogens with one attached hydrogen (secondary N) is 1. The van der Waals surface area contributed by atoms with Crippen molar-refractivity contribution in [3.8, 4) is 17.2 Å². The van der Waals surface area contributed by atoms with Crippen molar-refractivity contribution in [2.75, 3.05) is 27.7 Å². The van der Waals surface area contributed by atoms with Crippen molar-refractivity contribution in [3.05, 3.63) is 79.5 Å². The molecule has 1 aromatic heterocycles. The predicted molar refractivity (Wildman–Crippen MR) is 124 cm³/mol. The Morgan fingerprint density at radius 2 is 1.94 bits per heavy atom. The summed E-state index contributed by atoms with van der Waals surface area (Å²) < 4.78 is 11.0. The number of amides is 1. The number of thiophene rings is 1. The average molecular weight is 476 g/mol. The first-order valence-corrected chi connectivity index (χ1v) is 10.8. The highest BCUT2D eigenvalue weighted by Gasteiger charge is 2.20. The van der Waals surface area contributed by atoms with Gasteiger partial charge in [-0.25, -0.2) is 0 Å². The minimum atomic E-state index is -0.579. The second kappa shape index (κ2) is 10.4. The van der Waals surface area contributed by atoms with Crippen molar-refractivity contribution >= 4 is 34.5 Å². The maximum absolute atomic E-state index is 12.7. The van der Waals surface area contributed by atoms with Gasteiger partial charge in [-0.2, -0.15) is 0 Å². The van der Waals surface area contributed by atoms with Crippen molar-refractivity contribution in [3.63, 3.8) is 0 Å². The number of nitro groups is 1. The van der Waals surface area contributed by atoms with Crippen LogP contribution < -0.4 is 14.8 Å². The third-order valence-corrected chi connectivity index (χ3v) is 5.92. The Hall–Kier alpha value is -3.14. The SMILES string of the molecule is COc1cc(C(=O)NCC(c2cccs2)N(C)C)ccc1Oc1ccc(Cl)cc1[N+](=O)[O-]. The standard InChI is InChI=1S/C22H22ClN3O5S/c1-25(2)17(21-5-4-10-32-21)13-24-22(27)14-6-8-19(20(11-14)30-3)31-18-9-7-15(23)12-16(18)26(28)29/h4-12,17H,13H2,1-3H3,(H,24,27). The van der Waals surface area contributed by atoms with Crippen LogP contribution >= 0.6 is 22.9 Å². The molecule has 0 saturated heterocycles. The third-order valence-electron chi connectivity index (χ3n) is 4.71. The van der Waals surface area contributed by atoms with Crippen LogP contribution in [0.3, 0.4) is 0 Å². The molecule has 8 nitrogen and oxygen atoms in total. The Morgan fingerprint density at radius 3 is 2.56 bits per heavy atom. The lowest BCUT2D eigenvalue weighted by Crippen LogP contribution is -2.34. The van der Waals surface area contributed by atoms with Crippen LogP contribution in [0.25, 0.3) is 0 Å². The van der Waals surface area contributed by atoms with Crippen molar-refractivity contribution in [2.45, 2.75) is 6.04 Å². The lowest BCUT2D eigenvalue weighted by molar-refractivity contribution is -0.385. The van der Waals surface area contributed by atoms with Gasteiger partial charge in [-0.1, -0.05) is 17.7 Å². The Bertz CT molecular complexity index is 1100. The minimum absolute atomic E-state index is 0.0136. The summed E-state index contributed by atoms with van der Waals surface area (Å²) in [6.07, 6.45) is 0. The summed E-state index contributed by atoms with van der Waals surface area (Å²) in [6.45, 7) is 0.434. The summed E-state index contributed by atoms with van der Waals surface area (Å²) in [7, 11) is 5.35. The number of benzene rings is 2. The fourth-order valence-electron chi connectivity index (χ4n) is 3.04. The first kappa shape index (κ1) is 23.5. The topological polar surface area (TPSA) is 93.9 Å². The molecule has 3 aromatic rings. The predicted octanol–water partition coefficient (Wildman–Crippen LogP) is 5.14. The van der Waals surface area contributed by atoms with E-state index >= 15 is 0 Å². The number of hydrogen-bond acceptors (Lipinski definition) is 7. The van der Waals surface area contributed by atoms with Crippen LogP contribution in [-0.4, -0.2) is 43.5 Å². The molecular weight excluding hydrogens is 454 g/mol. The largest absolute Gasteiger partial charge is 0.493 e. The van der Waals surface area contributed by atoms with Gasteiger partial charge in [0, 0.05) is 28.1 Å². The first-order chi connectivity index (χ1) is 15.3. The molecule has 3 rings (SSSR count). The van der Waals surface area contributed by atoms with Crippen LogP contribution in [0.2, 0.25) is 5.02 Å². The number of rotatable bonds is 9. The molecule has 0 fully saturated rings. The van der Waals surface area contributed by atoms with E-state index in [2.05, 4.69) is 5.32 Å². The molecule has 0 aliphatic carbocycles. The number of ether oxygens (including phenoxy) is 2. The number of nitro benzene ring substituents is 1. The maximum atomic E-state index is 12.7. The van der Waals surface area contributed by atoms with Crippen molar-refractivity contribution in [1.82, 2.24) is 10.2 Å². The summed E-state index contributed by atoms with van der Waals surface area (Å²) >= 11 is 7.48. The van der Waals surface area contributed by atoms with Crippen LogP contribution in [0, 0.1) is 10.1 Å². The highest BCUT2D eigenvalue weighted by atomic mass is 35.5. The van der Waals surface area contributed by atoms with Gasteiger partial charge in [0.2, 0.25) is 5.75 Å². The fraction of sp³-hybridized carbons (Fsp3) is 0.227. The number of nitrogens with zero attached hydrogens (tertiary/aromatic N) is 2. The zero-order valence-electron chi connectivity index (χ0n) is 17.7. The highest BCUT2D eigenvalue weighted by molar-refractivity contribution is 7.10. The van der Waals surface area contributed by atoms with E-state index in [0.717, 1.165) is 4.88 Å². The van der Waals surface area contributed by atoms with Gasteiger partial charge in [-0.05, 0) is 55.9 Å². The second-order valence-corrected chi connectivity index (χ2v) is 8.46. The van der Waals surface area contributed by atoms with Crippen LogP contribution in [0.15, 0.2) is 53.9 Å². The van der Waals surface area contributed by atoms with Gasteiger partial charge >= 0.3 is 5.69 Å². The summed E-state index contributed by atoms with van der Waals surface area (Å²) in [5.74, 6) is 0.249. The van der Waals surface area contributed by atoms with Gasteiger partial charge in [0.05, 0.1) is 18.1 Å². The Labute approximate surface area is 194 Å². The molecule has 10 heteroatoms. The molecular formula is C22H22ClN3O5S. The van der Waals surface area contributed by atoms with E-state index in [-0.39, 0.29) is 39.9 Å². The highest BCUT2D eigenvalue weighted by Crippen LogP contribution is 2.38. The molecule has 1 amide bonds. The molecule has 0 aliphatic rings. The van der Waals surface area contributed by atoms with Gasteiger partial charge < -0.3 is 19.7 Å². The summed E-state index contributed by atoms with van der Waals surface area (Å²) in [4.78, 5) is 26.7. The summed E-state index contributed by atoms with van der Waals surface area (Å²) in [5.41, 5.74) is 0.105. The second-order valence-electron chi connectivity index (χ2n) is 7.04. The van der Waals surface area contributed by atoms with Crippen LogP contribution in [0.1, 0.15) is 21.3 Å². The first-order valence-electron chi connectivity index (χ1n) is 9.58. The number of likely N-dealkylation sites (N-methyl/N-ethyl adjacent to an activating group) is 1. The number of methoxy groups -OCH3 is 1. The average Bonchev–Trinajstić information content (AvgIpc) is 3.29. The Morgan fingerprint density at radius 1 is 1.19 bits per heavy atom. The lowest BCUT2D eigenvalue weighted by Gasteiger charge is -2.23. The lowest BCUT2D eigenvalue weighted by atomic mass is 10.1. The van der Waals surface area contributed by atoms with E-state index in [1.807, 2.05) is 36.5 Å². The van der Waals surface area contributed by atoms with Gasteiger partial charge in [0.25, 0.3) is 5.91 Å². The van der Waals surface area contributed by atoms with Gasteiger partial charge in [-0.3, -0.25) is 14.9 Å². The zero-order valence-corrected chi connectivity index (χ0v) is 19.3. The van der Waals surface area contributed by atoms with E-state index < -0.39 is 4.92 Å². The molecule has 0 saturated carbocycles. The number of carbonyl (C=O) groups excluding carboxylic acids is 1. The molecule has 1 heterocycles. The molecule has 0 bridgehead atoms. The molecule has 0 aliphatic heterocycles. The fourth-order valence-corrected chi connectivity index (χ4v) is 4.13. The quantitative estimate of drug-likeness (QED) is 0.340. The molecule has 1 unspecified atom stereocenters. The molecule has 2 aromatic carbocycles. The normalized spacial score (nSPS) is 11.8. The molecule has 32 heavy (non-hydrogen) atoms. The van der Waals surface area contributed by atoms with E-state index in [0.29, 0.717) is 12.1 Å². The Balaban J connectivity index is 1.76. The molecule has 1 N–H and O–H groups in total. The maximum Gasteiger partial charge on any atom is 0.313 e. The molecule has 168 valence electrons. The molecule has 0 spiro atoms.